The predicted molar refractivity (Wildman–Crippen MR) is 76.0 cm³/mol. The van der Waals surface area contributed by atoms with Gasteiger partial charge in [-0.1, -0.05) is 48.0 Å². The fourth-order valence-electron chi connectivity index (χ4n) is 4.95. The molecule has 0 heterocycles. The molecule has 0 radical (unpaired) electrons. The van der Waals surface area contributed by atoms with Crippen LogP contribution in [0.5, 0.6) is 0 Å². The van der Waals surface area contributed by atoms with E-state index in [1.165, 1.54) is 32.1 Å². The highest BCUT2D eigenvalue weighted by Crippen LogP contribution is 2.57. The maximum atomic E-state index is 2.46. The number of hydrogen-bond acceptors (Lipinski definition) is 0. The van der Waals surface area contributed by atoms with E-state index in [2.05, 4.69) is 41.5 Å². The first kappa shape index (κ1) is 13.4. The molecule has 2 rings (SSSR count). The Hall–Kier alpha value is 0. The van der Waals surface area contributed by atoms with E-state index in [4.69, 9.17) is 0 Å². The van der Waals surface area contributed by atoms with Gasteiger partial charge in [0.2, 0.25) is 0 Å². The molecule has 0 heteroatoms. The van der Waals surface area contributed by atoms with E-state index in [0.29, 0.717) is 10.8 Å². The number of rotatable bonds is 0. The van der Waals surface area contributed by atoms with Gasteiger partial charge in [-0.05, 0) is 60.2 Å². The Morgan fingerprint density at radius 2 is 0.941 bits per heavy atom. The van der Waals surface area contributed by atoms with E-state index < -0.39 is 0 Å². The molecule has 4 atom stereocenters. The second-order valence-corrected chi connectivity index (χ2v) is 8.78. The van der Waals surface area contributed by atoms with Gasteiger partial charge in [0.05, 0.1) is 0 Å². The van der Waals surface area contributed by atoms with Crippen LogP contribution >= 0.6 is 0 Å². The fourth-order valence-corrected chi connectivity index (χ4v) is 4.95. The molecule has 17 heavy (non-hydrogen) atoms. The Morgan fingerprint density at radius 1 is 0.588 bits per heavy atom. The first-order valence-electron chi connectivity index (χ1n) is 7.71. The van der Waals surface area contributed by atoms with Crippen LogP contribution in [0.4, 0.5) is 0 Å². The molecule has 0 bridgehead atoms. The molecular formula is C17H32. The summed E-state index contributed by atoms with van der Waals surface area (Å²) >= 11 is 0. The monoisotopic (exact) mass is 236 g/mol. The van der Waals surface area contributed by atoms with Crippen molar-refractivity contribution in [2.75, 3.05) is 0 Å². The zero-order valence-electron chi connectivity index (χ0n) is 12.8. The maximum Gasteiger partial charge on any atom is -0.0334 e. The Labute approximate surface area is 109 Å². The fraction of sp³-hybridized carbons (Fsp3) is 1.00. The molecule has 0 aromatic heterocycles. The van der Waals surface area contributed by atoms with E-state index in [-0.39, 0.29) is 0 Å². The lowest BCUT2D eigenvalue weighted by atomic mass is 9.56. The molecule has 100 valence electrons. The molecule has 0 aromatic rings. The average Bonchev–Trinajstić information content (AvgIpc) is 2.60. The van der Waals surface area contributed by atoms with Crippen molar-refractivity contribution in [2.24, 2.45) is 34.5 Å². The van der Waals surface area contributed by atoms with Crippen molar-refractivity contribution in [2.45, 2.75) is 73.6 Å². The Morgan fingerprint density at radius 3 is 1.24 bits per heavy atom. The third kappa shape index (κ3) is 2.56. The van der Waals surface area contributed by atoms with Crippen LogP contribution in [0.15, 0.2) is 0 Å². The number of hydrogen-bond donors (Lipinski definition) is 0. The number of fused-ring (bicyclic) bond motifs is 1. The molecule has 0 aromatic carbocycles. The molecule has 2 saturated carbocycles. The van der Waals surface area contributed by atoms with Crippen molar-refractivity contribution in [3.05, 3.63) is 0 Å². The lowest BCUT2D eigenvalue weighted by Crippen LogP contribution is -2.42. The summed E-state index contributed by atoms with van der Waals surface area (Å²) in [6.45, 7) is 14.8. The first-order valence-corrected chi connectivity index (χ1v) is 7.71. The van der Waals surface area contributed by atoms with Gasteiger partial charge in [-0.25, -0.2) is 0 Å². The topological polar surface area (TPSA) is 0 Å². The highest BCUT2D eigenvalue weighted by Gasteiger charge is 2.48. The molecule has 0 N–H and O–H groups in total. The van der Waals surface area contributed by atoms with Crippen molar-refractivity contribution in [3.8, 4) is 0 Å². The molecular weight excluding hydrogens is 204 g/mol. The van der Waals surface area contributed by atoms with Gasteiger partial charge in [-0.2, -0.15) is 0 Å². The molecule has 0 nitrogen and oxygen atoms in total. The summed E-state index contributed by atoms with van der Waals surface area (Å²) in [4.78, 5) is 0. The van der Waals surface area contributed by atoms with Gasteiger partial charge in [0.25, 0.3) is 0 Å². The van der Waals surface area contributed by atoms with Crippen LogP contribution in [0.1, 0.15) is 73.6 Å². The minimum absolute atomic E-state index is 0.524. The summed E-state index contributed by atoms with van der Waals surface area (Å²) in [6, 6.07) is 0. The highest BCUT2D eigenvalue weighted by molar-refractivity contribution is 4.97. The molecule has 0 aliphatic heterocycles. The summed E-state index contributed by atoms with van der Waals surface area (Å²) < 4.78 is 0. The van der Waals surface area contributed by atoms with Crippen molar-refractivity contribution in [3.63, 3.8) is 0 Å². The largest absolute Gasteiger partial charge is 0.0599 e. The van der Waals surface area contributed by atoms with E-state index in [9.17, 15) is 0 Å². The Balaban J connectivity index is 2.18. The summed E-state index contributed by atoms with van der Waals surface area (Å²) in [5.74, 6) is 4.03. The summed E-state index contributed by atoms with van der Waals surface area (Å²) in [5.41, 5.74) is 1.05. The van der Waals surface area contributed by atoms with E-state index in [0.717, 1.165) is 23.7 Å². The minimum atomic E-state index is 0.524. The van der Waals surface area contributed by atoms with Crippen LogP contribution in [0.2, 0.25) is 0 Å². The van der Waals surface area contributed by atoms with Gasteiger partial charge in [-0.3, -0.25) is 0 Å². The Kier molecular flexibility index (Phi) is 3.38. The predicted octanol–water partition coefficient (Wildman–Crippen LogP) is 5.52. The van der Waals surface area contributed by atoms with Crippen molar-refractivity contribution in [1.29, 1.82) is 0 Å². The SMILES string of the molecule is CC(C)(C)C1CCC(C(C)(C)C)C2CCCC21. The van der Waals surface area contributed by atoms with Crippen LogP contribution in [-0.4, -0.2) is 0 Å². The first-order chi connectivity index (χ1) is 7.71. The Bertz CT molecular complexity index is 235. The van der Waals surface area contributed by atoms with Crippen LogP contribution < -0.4 is 0 Å². The lowest BCUT2D eigenvalue weighted by Gasteiger charge is -2.49. The zero-order valence-corrected chi connectivity index (χ0v) is 12.8. The standard InChI is InChI=1S/C17H32/c1-16(2,3)14-10-11-15(17(4,5)6)13-9-7-8-12(13)14/h12-15H,7-11H2,1-6H3. The smallest absolute Gasteiger partial charge is 0.0334 e. The second kappa shape index (κ2) is 4.28. The van der Waals surface area contributed by atoms with E-state index in [1.807, 2.05) is 0 Å². The summed E-state index contributed by atoms with van der Waals surface area (Å²) in [7, 11) is 0. The summed E-state index contributed by atoms with van der Waals surface area (Å²) in [5, 5.41) is 0. The lowest BCUT2D eigenvalue weighted by molar-refractivity contribution is -0.00142. The molecule has 2 aliphatic rings. The molecule has 2 fully saturated rings. The molecule has 0 amide bonds. The molecule has 0 spiro atoms. The summed E-state index contributed by atoms with van der Waals surface area (Å²) in [6.07, 6.45) is 7.48. The van der Waals surface area contributed by atoms with Crippen molar-refractivity contribution in [1.82, 2.24) is 0 Å². The van der Waals surface area contributed by atoms with Crippen molar-refractivity contribution >= 4 is 0 Å². The van der Waals surface area contributed by atoms with E-state index >= 15 is 0 Å². The van der Waals surface area contributed by atoms with Gasteiger partial charge in [0.1, 0.15) is 0 Å². The van der Waals surface area contributed by atoms with Crippen LogP contribution in [-0.2, 0) is 0 Å². The van der Waals surface area contributed by atoms with Crippen LogP contribution in [0.25, 0.3) is 0 Å². The van der Waals surface area contributed by atoms with Gasteiger partial charge in [-0.15, -0.1) is 0 Å². The van der Waals surface area contributed by atoms with Gasteiger partial charge in [0.15, 0.2) is 0 Å². The molecule has 2 aliphatic carbocycles. The highest BCUT2D eigenvalue weighted by atomic mass is 14.5. The zero-order chi connectivity index (χ0) is 12.8. The van der Waals surface area contributed by atoms with Crippen LogP contribution in [0.3, 0.4) is 0 Å². The van der Waals surface area contributed by atoms with Gasteiger partial charge < -0.3 is 0 Å². The molecule has 0 saturated heterocycles. The molecule has 4 unspecified atom stereocenters. The average molecular weight is 236 g/mol. The van der Waals surface area contributed by atoms with E-state index in [1.54, 1.807) is 0 Å². The third-order valence-electron chi connectivity index (χ3n) is 5.67. The third-order valence-corrected chi connectivity index (χ3v) is 5.67. The van der Waals surface area contributed by atoms with Crippen molar-refractivity contribution < 1.29 is 0 Å². The van der Waals surface area contributed by atoms with Gasteiger partial charge in [0, 0.05) is 0 Å². The normalized spacial score (nSPS) is 39.2. The second-order valence-electron chi connectivity index (χ2n) is 8.78. The minimum Gasteiger partial charge on any atom is -0.0599 e. The quantitative estimate of drug-likeness (QED) is 0.519. The van der Waals surface area contributed by atoms with Crippen LogP contribution in [0, 0.1) is 34.5 Å². The van der Waals surface area contributed by atoms with Gasteiger partial charge >= 0.3 is 0 Å². The maximum absolute atomic E-state index is 2.46.